The van der Waals surface area contributed by atoms with Gasteiger partial charge in [-0.3, -0.25) is 4.79 Å². The quantitative estimate of drug-likeness (QED) is 0.201. The maximum absolute atomic E-state index is 12.9. The predicted molar refractivity (Wildman–Crippen MR) is 126 cm³/mol. The summed E-state index contributed by atoms with van der Waals surface area (Å²) in [6.07, 6.45) is 6.73. The zero-order chi connectivity index (χ0) is 22.6. The van der Waals surface area contributed by atoms with Crippen molar-refractivity contribution in [1.82, 2.24) is 0 Å². The van der Waals surface area contributed by atoms with Crippen molar-refractivity contribution >= 4 is 5.78 Å². The molecule has 31 heavy (non-hydrogen) atoms. The normalized spacial score (nSPS) is 11.8. The van der Waals surface area contributed by atoms with Crippen LogP contribution in [0.4, 0.5) is 0 Å². The Labute approximate surface area is 186 Å². The van der Waals surface area contributed by atoms with Gasteiger partial charge in [0, 0.05) is 17.2 Å². The minimum Gasteiger partial charge on any atom is -0.507 e. The zero-order valence-corrected chi connectivity index (χ0v) is 19.2. The third kappa shape index (κ3) is 7.87. The van der Waals surface area contributed by atoms with E-state index >= 15 is 0 Å². The summed E-state index contributed by atoms with van der Waals surface area (Å²) in [5, 5.41) is 10.6. The highest BCUT2D eigenvalue weighted by atomic mass is 16.5. The molecule has 168 valence electrons. The highest BCUT2D eigenvalue weighted by Crippen LogP contribution is 2.35. The summed E-state index contributed by atoms with van der Waals surface area (Å²) in [5.74, 6) is 0.251. The van der Waals surface area contributed by atoms with Crippen LogP contribution in [0.5, 0.6) is 11.5 Å². The number of rotatable bonds is 14. The third-order valence-electron chi connectivity index (χ3n) is 5.18. The van der Waals surface area contributed by atoms with E-state index in [9.17, 15) is 9.90 Å². The van der Waals surface area contributed by atoms with E-state index in [-0.39, 0.29) is 23.2 Å². The number of aromatic hydroxyl groups is 1. The second-order valence-corrected chi connectivity index (χ2v) is 8.13. The average Bonchev–Trinajstić information content (AvgIpc) is 2.77. The Kier molecular flexibility index (Phi) is 10.3. The molecule has 0 aliphatic rings. The van der Waals surface area contributed by atoms with Crippen molar-refractivity contribution < 1.29 is 19.4 Å². The van der Waals surface area contributed by atoms with E-state index < -0.39 is 0 Å². The van der Waals surface area contributed by atoms with Crippen molar-refractivity contribution in [2.24, 2.45) is 0 Å². The summed E-state index contributed by atoms with van der Waals surface area (Å²) in [5.41, 5.74) is 2.45. The lowest BCUT2D eigenvalue weighted by Crippen LogP contribution is -2.09. The van der Waals surface area contributed by atoms with Gasteiger partial charge in [-0.2, -0.15) is 0 Å². The number of ketones is 1. The van der Waals surface area contributed by atoms with Gasteiger partial charge in [-0.1, -0.05) is 81.5 Å². The molecule has 0 fully saturated rings. The van der Waals surface area contributed by atoms with Crippen LogP contribution in [0.1, 0.15) is 86.9 Å². The van der Waals surface area contributed by atoms with Crippen LogP contribution >= 0.6 is 0 Å². The molecule has 0 spiro atoms. The molecule has 2 aromatic rings. The fourth-order valence-electron chi connectivity index (χ4n) is 3.38. The monoisotopic (exact) mass is 424 g/mol. The van der Waals surface area contributed by atoms with Crippen molar-refractivity contribution in [2.45, 2.75) is 65.4 Å². The van der Waals surface area contributed by atoms with Crippen LogP contribution in [-0.2, 0) is 4.74 Å². The van der Waals surface area contributed by atoms with Crippen LogP contribution in [-0.4, -0.2) is 24.1 Å². The Hall–Kier alpha value is -2.59. The number of phenolic OH excluding ortho intramolecular Hbond substituents is 1. The third-order valence-corrected chi connectivity index (χ3v) is 5.18. The first-order valence-corrected chi connectivity index (χ1v) is 11.3. The van der Waals surface area contributed by atoms with Gasteiger partial charge in [-0.05, 0) is 26.3 Å². The Balaban J connectivity index is 2.19. The van der Waals surface area contributed by atoms with Crippen LogP contribution in [0, 0.1) is 0 Å². The summed E-state index contributed by atoms with van der Waals surface area (Å²) >= 11 is 0. The molecule has 0 aromatic heterocycles. The Bertz CT molecular complexity index is 842. The van der Waals surface area contributed by atoms with E-state index in [1.165, 1.54) is 25.7 Å². The summed E-state index contributed by atoms with van der Waals surface area (Å²) in [7, 11) is 0. The van der Waals surface area contributed by atoms with Crippen molar-refractivity contribution in [3.63, 3.8) is 0 Å². The van der Waals surface area contributed by atoms with Crippen LogP contribution in [0.3, 0.4) is 0 Å². The minimum absolute atomic E-state index is 0.0809. The largest absolute Gasteiger partial charge is 0.507 e. The number of hydrogen-bond acceptors (Lipinski definition) is 4. The fourth-order valence-corrected chi connectivity index (χ4v) is 3.38. The first-order chi connectivity index (χ1) is 14.9. The zero-order valence-electron chi connectivity index (χ0n) is 19.2. The fraction of sp³-hybridized carbons (Fsp3) is 0.444. The van der Waals surface area contributed by atoms with Crippen molar-refractivity contribution in [3.05, 3.63) is 71.3 Å². The molecule has 0 aliphatic heterocycles. The molecule has 1 unspecified atom stereocenters. The van der Waals surface area contributed by atoms with E-state index in [1.54, 1.807) is 24.3 Å². The maximum Gasteiger partial charge on any atom is 0.196 e. The highest BCUT2D eigenvalue weighted by Gasteiger charge is 2.21. The first-order valence-electron chi connectivity index (χ1n) is 11.3. The first kappa shape index (κ1) is 24.7. The number of hydrogen-bond donors (Lipinski definition) is 1. The summed E-state index contributed by atoms with van der Waals surface area (Å²) in [4.78, 5) is 12.9. The predicted octanol–water partition coefficient (Wildman–Crippen LogP) is 7.02. The van der Waals surface area contributed by atoms with E-state index in [0.29, 0.717) is 24.5 Å². The van der Waals surface area contributed by atoms with E-state index in [1.807, 2.05) is 32.0 Å². The molecule has 2 rings (SSSR count). The number of carbonyl (C=O) groups is 1. The second kappa shape index (κ2) is 13.0. The molecule has 1 N–H and O–H groups in total. The van der Waals surface area contributed by atoms with Crippen molar-refractivity contribution in [1.29, 1.82) is 0 Å². The van der Waals surface area contributed by atoms with Crippen LogP contribution < -0.4 is 4.74 Å². The van der Waals surface area contributed by atoms with Gasteiger partial charge in [0.25, 0.3) is 0 Å². The average molecular weight is 425 g/mol. The van der Waals surface area contributed by atoms with Crippen molar-refractivity contribution in [2.75, 3.05) is 13.2 Å². The molecular formula is C27H36O4. The summed E-state index contributed by atoms with van der Waals surface area (Å²) in [6.45, 7) is 10.9. The van der Waals surface area contributed by atoms with Gasteiger partial charge in [-0.25, -0.2) is 0 Å². The molecule has 1 atom stereocenters. The molecule has 0 bridgehead atoms. The molecule has 0 saturated carbocycles. The lowest BCUT2D eigenvalue weighted by molar-refractivity contribution is 0.0809. The van der Waals surface area contributed by atoms with Crippen molar-refractivity contribution in [3.8, 4) is 11.5 Å². The number of carbonyl (C=O) groups excluding carboxylic acids is 1. The van der Waals surface area contributed by atoms with Gasteiger partial charge in [-0.15, -0.1) is 0 Å². The number of ether oxygens (including phenoxy) is 2. The number of phenols is 1. The number of benzene rings is 2. The minimum atomic E-state index is -0.306. The van der Waals surface area contributed by atoms with E-state index in [4.69, 9.17) is 9.47 Å². The lowest BCUT2D eigenvalue weighted by Gasteiger charge is -2.20. The molecule has 0 aliphatic carbocycles. The van der Waals surface area contributed by atoms with Gasteiger partial charge in [0.15, 0.2) is 5.78 Å². The van der Waals surface area contributed by atoms with Gasteiger partial charge in [0.2, 0.25) is 0 Å². The summed E-state index contributed by atoms with van der Waals surface area (Å²) in [6, 6.07) is 12.2. The van der Waals surface area contributed by atoms with Crippen LogP contribution in [0.15, 0.2) is 54.6 Å². The SMILES string of the molecule is C=C(C)COC(C)c1cc(C(=O)c2ccccc2)c(O)cc1OCCCCCCCC. The number of unbranched alkanes of at least 4 members (excludes halogenated alkanes) is 5. The van der Waals surface area contributed by atoms with Gasteiger partial charge >= 0.3 is 0 Å². The maximum atomic E-state index is 12.9. The Morgan fingerprint density at radius 2 is 1.74 bits per heavy atom. The van der Waals surface area contributed by atoms with E-state index in [2.05, 4.69) is 13.5 Å². The smallest absolute Gasteiger partial charge is 0.196 e. The molecule has 2 aromatic carbocycles. The Morgan fingerprint density at radius 1 is 1.06 bits per heavy atom. The molecule has 0 heterocycles. The van der Waals surface area contributed by atoms with Gasteiger partial charge in [0.1, 0.15) is 11.5 Å². The topological polar surface area (TPSA) is 55.8 Å². The molecule has 0 amide bonds. The second-order valence-electron chi connectivity index (χ2n) is 8.13. The van der Waals surface area contributed by atoms with Crippen LogP contribution in [0.2, 0.25) is 0 Å². The molecule has 0 saturated heterocycles. The molecule has 4 heteroatoms. The van der Waals surface area contributed by atoms with E-state index in [0.717, 1.165) is 24.0 Å². The lowest BCUT2D eigenvalue weighted by atomic mass is 9.98. The standard InChI is InChI=1S/C27H36O4/c1-5-6-7-8-9-13-16-30-26-18-25(28)24(27(29)22-14-11-10-12-15-22)17-23(26)21(4)31-19-20(2)3/h10-12,14-15,17-18,21,28H,2,5-9,13,16,19H2,1,3-4H3. The Morgan fingerprint density at radius 3 is 2.42 bits per heavy atom. The molecular weight excluding hydrogens is 388 g/mol. The molecule has 4 nitrogen and oxygen atoms in total. The summed E-state index contributed by atoms with van der Waals surface area (Å²) < 4.78 is 11.9. The highest BCUT2D eigenvalue weighted by molar-refractivity contribution is 6.10. The molecule has 0 radical (unpaired) electrons. The van der Waals surface area contributed by atoms with Gasteiger partial charge < -0.3 is 14.6 Å². The van der Waals surface area contributed by atoms with Crippen LogP contribution in [0.25, 0.3) is 0 Å². The van der Waals surface area contributed by atoms with Gasteiger partial charge in [0.05, 0.1) is 24.9 Å².